The van der Waals surface area contributed by atoms with E-state index in [1.807, 2.05) is 9.80 Å². The minimum absolute atomic E-state index is 0.0104. The predicted molar refractivity (Wildman–Crippen MR) is 122 cm³/mol. The third-order valence-corrected chi connectivity index (χ3v) is 7.20. The molecule has 0 aliphatic carbocycles. The van der Waals surface area contributed by atoms with E-state index in [0.717, 1.165) is 17.5 Å². The Morgan fingerprint density at radius 2 is 1.44 bits per heavy atom. The van der Waals surface area contributed by atoms with E-state index in [0.29, 0.717) is 45.7 Å². The van der Waals surface area contributed by atoms with Crippen LogP contribution in [0, 0.1) is 17.6 Å². The molecule has 2 aromatic carbocycles. The standard InChI is InChI=1S/C26H29F2N3O3/c27-21-5-1-18(2-6-21)25(19-3-7-22(28)8-4-19)29-11-13-30(14-12-29)26(33)31-10-9-24-20(16-31)15-23(32)17-34-24/h1-8,20,24-25H,9-17H2/t20-,24+/m1/s1. The molecule has 0 radical (unpaired) electrons. The highest BCUT2D eigenvalue weighted by Crippen LogP contribution is 2.31. The van der Waals surface area contributed by atoms with Crippen LogP contribution in [-0.2, 0) is 9.53 Å². The van der Waals surface area contributed by atoms with E-state index in [1.54, 1.807) is 24.3 Å². The molecule has 3 saturated heterocycles. The molecule has 0 unspecified atom stereocenters. The van der Waals surface area contributed by atoms with E-state index < -0.39 is 0 Å². The summed E-state index contributed by atoms with van der Waals surface area (Å²) in [5, 5.41) is 0. The Kier molecular flexibility index (Phi) is 6.61. The molecule has 3 aliphatic rings. The van der Waals surface area contributed by atoms with E-state index >= 15 is 0 Å². The van der Waals surface area contributed by atoms with Crippen LogP contribution >= 0.6 is 0 Å². The van der Waals surface area contributed by atoms with Crippen LogP contribution in [0.5, 0.6) is 0 Å². The smallest absolute Gasteiger partial charge is 0.320 e. The maximum absolute atomic E-state index is 13.6. The third kappa shape index (κ3) is 4.83. The van der Waals surface area contributed by atoms with Gasteiger partial charge in [0, 0.05) is 51.6 Å². The van der Waals surface area contributed by atoms with Crippen LogP contribution in [0.2, 0.25) is 0 Å². The quantitative estimate of drug-likeness (QED) is 0.691. The Hall–Kier alpha value is -2.84. The average molecular weight is 470 g/mol. The number of hydrogen-bond acceptors (Lipinski definition) is 4. The molecule has 3 aliphatic heterocycles. The minimum Gasteiger partial charge on any atom is -0.370 e. The van der Waals surface area contributed by atoms with Crippen LogP contribution in [0.3, 0.4) is 0 Å². The molecule has 2 amide bonds. The Morgan fingerprint density at radius 3 is 2.03 bits per heavy atom. The van der Waals surface area contributed by atoms with Crippen molar-refractivity contribution in [3.8, 4) is 0 Å². The summed E-state index contributed by atoms with van der Waals surface area (Å²) in [5.74, 6) is -0.407. The van der Waals surface area contributed by atoms with Gasteiger partial charge >= 0.3 is 6.03 Å². The lowest BCUT2D eigenvalue weighted by atomic mass is 9.88. The number of halogens is 2. The fourth-order valence-electron chi connectivity index (χ4n) is 5.43. The summed E-state index contributed by atoms with van der Waals surface area (Å²) in [6, 6.07) is 12.7. The normalized spacial score (nSPS) is 23.8. The number of carbonyl (C=O) groups is 2. The van der Waals surface area contributed by atoms with Crippen LogP contribution < -0.4 is 0 Å². The molecule has 180 valence electrons. The molecule has 3 heterocycles. The van der Waals surface area contributed by atoms with Gasteiger partial charge in [0.25, 0.3) is 0 Å². The molecule has 3 fully saturated rings. The van der Waals surface area contributed by atoms with Gasteiger partial charge in [-0.2, -0.15) is 0 Å². The number of urea groups is 1. The number of nitrogens with zero attached hydrogens (tertiary/aromatic N) is 3. The fourth-order valence-corrected chi connectivity index (χ4v) is 5.43. The largest absolute Gasteiger partial charge is 0.370 e. The van der Waals surface area contributed by atoms with Gasteiger partial charge in [0.2, 0.25) is 0 Å². The van der Waals surface area contributed by atoms with Gasteiger partial charge in [0.15, 0.2) is 5.78 Å². The molecular formula is C26H29F2N3O3. The Balaban J connectivity index is 1.26. The number of ether oxygens (including phenoxy) is 1. The summed E-state index contributed by atoms with van der Waals surface area (Å²) in [7, 11) is 0. The number of amides is 2. The van der Waals surface area contributed by atoms with E-state index in [9.17, 15) is 18.4 Å². The molecule has 0 bridgehead atoms. The van der Waals surface area contributed by atoms with Crippen LogP contribution in [-0.4, -0.2) is 78.5 Å². The molecule has 2 aromatic rings. The Morgan fingerprint density at radius 1 is 0.853 bits per heavy atom. The highest BCUT2D eigenvalue weighted by molar-refractivity contribution is 5.81. The lowest BCUT2D eigenvalue weighted by molar-refractivity contribution is -0.140. The van der Waals surface area contributed by atoms with E-state index in [4.69, 9.17) is 4.74 Å². The second-order valence-corrected chi connectivity index (χ2v) is 9.40. The van der Waals surface area contributed by atoms with Gasteiger partial charge in [-0.3, -0.25) is 9.69 Å². The lowest BCUT2D eigenvalue weighted by Gasteiger charge is -2.44. The number of fused-ring (bicyclic) bond motifs is 1. The first kappa shape index (κ1) is 22.9. The number of likely N-dealkylation sites (tertiary alicyclic amines) is 1. The van der Waals surface area contributed by atoms with E-state index in [2.05, 4.69) is 4.90 Å². The van der Waals surface area contributed by atoms with Crippen molar-refractivity contribution in [3.05, 3.63) is 71.3 Å². The third-order valence-electron chi connectivity index (χ3n) is 7.20. The zero-order valence-electron chi connectivity index (χ0n) is 19.0. The first-order valence-electron chi connectivity index (χ1n) is 11.9. The molecule has 0 N–H and O–H groups in total. The van der Waals surface area contributed by atoms with Gasteiger partial charge in [0.1, 0.15) is 18.2 Å². The van der Waals surface area contributed by atoms with Crippen molar-refractivity contribution in [2.45, 2.75) is 25.0 Å². The minimum atomic E-state index is -0.300. The topological polar surface area (TPSA) is 53.1 Å². The second kappa shape index (κ2) is 9.80. The fraction of sp³-hybridized carbons (Fsp3) is 0.462. The Bertz CT molecular complexity index is 977. The molecule has 0 aromatic heterocycles. The maximum atomic E-state index is 13.6. The molecule has 0 spiro atoms. The zero-order valence-corrected chi connectivity index (χ0v) is 19.0. The van der Waals surface area contributed by atoms with Gasteiger partial charge in [-0.15, -0.1) is 0 Å². The number of carbonyl (C=O) groups excluding carboxylic acids is 2. The highest BCUT2D eigenvalue weighted by Gasteiger charge is 2.38. The number of piperazine rings is 1. The summed E-state index contributed by atoms with van der Waals surface area (Å²) < 4.78 is 32.8. The van der Waals surface area contributed by atoms with Crippen LogP contribution in [0.1, 0.15) is 30.0 Å². The van der Waals surface area contributed by atoms with Crippen molar-refractivity contribution in [2.24, 2.45) is 5.92 Å². The molecular weight excluding hydrogens is 440 g/mol. The van der Waals surface area contributed by atoms with Crippen molar-refractivity contribution in [1.82, 2.24) is 14.7 Å². The predicted octanol–water partition coefficient (Wildman–Crippen LogP) is 3.47. The van der Waals surface area contributed by atoms with Crippen LogP contribution in [0.25, 0.3) is 0 Å². The van der Waals surface area contributed by atoms with Crippen LogP contribution in [0.15, 0.2) is 48.5 Å². The summed E-state index contributed by atoms with van der Waals surface area (Å²) in [4.78, 5) is 31.0. The van der Waals surface area contributed by atoms with Crippen molar-refractivity contribution >= 4 is 11.8 Å². The van der Waals surface area contributed by atoms with Gasteiger partial charge in [-0.05, 0) is 41.8 Å². The maximum Gasteiger partial charge on any atom is 0.320 e. The zero-order chi connectivity index (χ0) is 23.7. The summed E-state index contributed by atoms with van der Waals surface area (Å²) in [6.45, 7) is 3.82. The number of hydrogen-bond donors (Lipinski definition) is 0. The summed E-state index contributed by atoms with van der Waals surface area (Å²) in [6.07, 6.45) is 1.32. The number of benzene rings is 2. The lowest BCUT2D eigenvalue weighted by Crippen LogP contribution is -2.57. The Labute approximate surface area is 198 Å². The van der Waals surface area contributed by atoms with Crippen LogP contribution in [0.4, 0.5) is 13.6 Å². The van der Waals surface area contributed by atoms with Gasteiger partial charge < -0.3 is 14.5 Å². The van der Waals surface area contributed by atoms with Crippen molar-refractivity contribution < 1.29 is 23.1 Å². The van der Waals surface area contributed by atoms with Gasteiger partial charge in [-0.25, -0.2) is 13.6 Å². The monoisotopic (exact) mass is 469 g/mol. The van der Waals surface area contributed by atoms with E-state index in [-0.39, 0.29) is 48.1 Å². The number of rotatable bonds is 3. The van der Waals surface area contributed by atoms with Crippen molar-refractivity contribution in [1.29, 1.82) is 0 Å². The number of piperidine rings is 1. The first-order valence-corrected chi connectivity index (χ1v) is 11.9. The second-order valence-electron chi connectivity index (χ2n) is 9.40. The van der Waals surface area contributed by atoms with Gasteiger partial charge in [0.05, 0.1) is 12.1 Å². The summed E-state index contributed by atoms with van der Waals surface area (Å²) >= 11 is 0. The molecule has 5 rings (SSSR count). The number of Topliss-reactive ketones (excluding diaryl/α,β-unsaturated/α-hetero) is 1. The highest BCUT2D eigenvalue weighted by atomic mass is 19.1. The molecule has 8 heteroatoms. The molecule has 2 atom stereocenters. The average Bonchev–Trinajstić information content (AvgIpc) is 2.86. The van der Waals surface area contributed by atoms with Crippen molar-refractivity contribution in [3.63, 3.8) is 0 Å². The molecule has 0 saturated carbocycles. The SMILES string of the molecule is O=C1CO[C@H]2CCN(C(=O)N3CCN(C(c4ccc(F)cc4)c4ccc(F)cc4)CC3)C[C@H]2C1. The first-order chi connectivity index (χ1) is 16.5. The van der Waals surface area contributed by atoms with E-state index in [1.165, 1.54) is 24.3 Å². The molecule has 6 nitrogen and oxygen atoms in total. The molecule has 34 heavy (non-hydrogen) atoms. The number of ketones is 1. The van der Waals surface area contributed by atoms with Crippen molar-refractivity contribution in [2.75, 3.05) is 45.9 Å². The summed E-state index contributed by atoms with van der Waals surface area (Å²) in [5.41, 5.74) is 1.86. The van der Waals surface area contributed by atoms with Gasteiger partial charge in [-0.1, -0.05) is 24.3 Å².